The first kappa shape index (κ1) is 9.51. The molecule has 0 spiro atoms. The van der Waals surface area contributed by atoms with Gasteiger partial charge in [-0.25, -0.2) is 4.39 Å². The molecule has 3 nitrogen and oxygen atoms in total. The zero-order chi connectivity index (χ0) is 10.0. The molecule has 0 unspecified atom stereocenters. The third kappa shape index (κ3) is 1.77. The highest BCUT2D eigenvalue weighted by Crippen LogP contribution is 2.25. The van der Waals surface area contributed by atoms with Crippen molar-refractivity contribution in [2.45, 2.75) is 6.92 Å². The van der Waals surface area contributed by atoms with E-state index in [2.05, 4.69) is 0 Å². The van der Waals surface area contributed by atoms with Gasteiger partial charge in [0, 0.05) is 11.8 Å². The molecule has 70 valence electrons. The first-order chi connectivity index (χ1) is 6.06. The van der Waals surface area contributed by atoms with E-state index >= 15 is 0 Å². The number of ketones is 1. The summed E-state index contributed by atoms with van der Waals surface area (Å²) in [4.78, 5) is 11.0. The van der Waals surface area contributed by atoms with Crippen LogP contribution in [0, 0.1) is 5.82 Å². The number of carbonyl (C=O) groups is 1. The lowest BCUT2D eigenvalue weighted by Crippen LogP contribution is -2.01. The van der Waals surface area contributed by atoms with Gasteiger partial charge >= 0.3 is 0 Å². The zero-order valence-electron chi connectivity index (χ0n) is 7.43. The van der Waals surface area contributed by atoms with E-state index < -0.39 is 5.82 Å². The fraction of sp³-hybridized carbons (Fsp3) is 0.222. The van der Waals surface area contributed by atoms with Gasteiger partial charge in [-0.3, -0.25) is 4.79 Å². The van der Waals surface area contributed by atoms with E-state index in [-0.39, 0.29) is 22.8 Å². The number of ether oxygens (including phenoxy) is 1. The van der Waals surface area contributed by atoms with Crippen molar-refractivity contribution in [3.05, 3.63) is 23.5 Å². The number of rotatable bonds is 2. The molecule has 0 amide bonds. The summed E-state index contributed by atoms with van der Waals surface area (Å²) in [5.74, 6) is -0.947. The number of nitrogens with two attached hydrogens (primary N) is 1. The number of nitrogen functional groups attached to an aromatic ring is 1. The van der Waals surface area contributed by atoms with Crippen LogP contribution >= 0.6 is 0 Å². The summed E-state index contributed by atoms with van der Waals surface area (Å²) < 4.78 is 17.9. The molecular formula is C9H10FNO2. The summed E-state index contributed by atoms with van der Waals surface area (Å²) in [7, 11) is 1.31. The number of halogens is 1. The number of anilines is 1. The van der Waals surface area contributed by atoms with Crippen LogP contribution in [0.25, 0.3) is 0 Å². The normalized spacial score (nSPS) is 9.77. The summed E-state index contributed by atoms with van der Waals surface area (Å²) >= 11 is 0. The Kier molecular flexibility index (Phi) is 2.51. The molecule has 0 atom stereocenters. The smallest absolute Gasteiger partial charge is 0.167 e. The topological polar surface area (TPSA) is 52.3 Å². The van der Waals surface area contributed by atoms with Crippen LogP contribution in [0.4, 0.5) is 10.1 Å². The molecule has 4 heteroatoms. The van der Waals surface area contributed by atoms with Gasteiger partial charge in [0.25, 0.3) is 0 Å². The first-order valence-corrected chi connectivity index (χ1v) is 3.70. The second kappa shape index (κ2) is 3.43. The molecule has 2 N–H and O–H groups in total. The molecule has 13 heavy (non-hydrogen) atoms. The van der Waals surface area contributed by atoms with Gasteiger partial charge < -0.3 is 10.5 Å². The molecule has 0 fully saturated rings. The molecule has 0 aliphatic carbocycles. The van der Waals surface area contributed by atoms with Crippen LogP contribution in [0.3, 0.4) is 0 Å². The molecule has 0 aliphatic rings. The lowest BCUT2D eigenvalue weighted by molar-refractivity contribution is 0.101. The highest BCUT2D eigenvalue weighted by atomic mass is 19.1. The van der Waals surface area contributed by atoms with Crippen LogP contribution in [0.1, 0.15) is 17.3 Å². The molecule has 0 saturated carbocycles. The van der Waals surface area contributed by atoms with Crippen LogP contribution in [0.2, 0.25) is 0 Å². The Morgan fingerprint density at radius 1 is 1.54 bits per heavy atom. The van der Waals surface area contributed by atoms with E-state index in [4.69, 9.17) is 10.5 Å². The Hall–Kier alpha value is -1.58. The number of carbonyl (C=O) groups excluding carboxylic acids is 1. The summed E-state index contributed by atoms with van der Waals surface area (Å²) in [6.45, 7) is 1.33. The van der Waals surface area contributed by atoms with E-state index in [1.165, 1.54) is 20.1 Å². The van der Waals surface area contributed by atoms with Crippen LogP contribution in [0.5, 0.6) is 5.75 Å². The number of methoxy groups -OCH3 is 1. The maximum Gasteiger partial charge on any atom is 0.167 e. The predicted octanol–water partition coefficient (Wildman–Crippen LogP) is 1.62. The maximum atomic E-state index is 13.1. The van der Waals surface area contributed by atoms with Gasteiger partial charge in [0.1, 0.15) is 0 Å². The van der Waals surface area contributed by atoms with Crippen LogP contribution in [-0.2, 0) is 0 Å². The standard InChI is InChI=1S/C9H10FNO2/c1-5(12)7-3-6(11)4-8(10)9(7)13-2/h3-4H,11H2,1-2H3. The van der Waals surface area contributed by atoms with Crippen LogP contribution in [0.15, 0.2) is 12.1 Å². The van der Waals surface area contributed by atoms with Crippen molar-refractivity contribution in [3.63, 3.8) is 0 Å². The second-order valence-corrected chi connectivity index (χ2v) is 2.64. The van der Waals surface area contributed by atoms with Gasteiger partial charge in [-0.1, -0.05) is 0 Å². The molecule has 0 saturated heterocycles. The van der Waals surface area contributed by atoms with Gasteiger partial charge in [0.15, 0.2) is 17.3 Å². The van der Waals surface area contributed by atoms with Crippen LogP contribution < -0.4 is 10.5 Å². The lowest BCUT2D eigenvalue weighted by Gasteiger charge is -2.07. The quantitative estimate of drug-likeness (QED) is 0.560. The van der Waals surface area contributed by atoms with E-state index in [1.807, 2.05) is 0 Å². The average Bonchev–Trinajstić information content (AvgIpc) is 2.02. The Labute approximate surface area is 75.3 Å². The molecule has 0 radical (unpaired) electrons. The van der Waals surface area contributed by atoms with E-state index in [0.717, 1.165) is 6.07 Å². The molecule has 1 aromatic carbocycles. The van der Waals surface area contributed by atoms with Crippen molar-refractivity contribution in [3.8, 4) is 5.75 Å². The number of hydrogen-bond acceptors (Lipinski definition) is 3. The van der Waals surface area contributed by atoms with Crippen molar-refractivity contribution in [1.82, 2.24) is 0 Å². The van der Waals surface area contributed by atoms with Gasteiger partial charge in [0.05, 0.1) is 12.7 Å². The first-order valence-electron chi connectivity index (χ1n) is 3.70. The Balaban J connectivity index is 3.38. The van der Waals surface area contributed by atoms with Crippen molar-refractivity contribution in [2.75, 3.05) is 12.8 Å². The van der Waals surface area contributed by atoms with Crippen molar-refractivity contribution in [1.29, 1.82) is 0 Å². The highest BCUT2D eigenvalue weighted by molar-refractivity contribution is 5.97. The molecule has 0 aromatic heterocycles. The number of benzene rings is 1. The maximum absolute atomic E-state index is 13.1. The summed E-state index contributed by atoms with van der Waals surface area (Å²) in [5.41, 5.74) is 5.75. The Bertz CT molecular complexity index is 350. The summed E-state index contributed by atoms with van der Waals surface area (Å²) in [6.07, 6.45) is 0. The highest BCUT2D eigenvalue weighted by Gasteiger charge is 2.13. The molecule has 0 heterocycles. The fourth-order valence-corrected chi connectivity index (χ4v) is 1.08. The van der Waals surface area contributed by atoms with Gasteiger partial charge in [-0.15, -0.1) is 0 Å². The van der Waals surface area contributed by atoms with Crippen molar-refractivity contribution >= 4 is 11.5 Å². The van der Waals surface area contributed by atoms with Gasteiger partial charge in [-0.2, -0.15) is 0 Å². The fourth-order valence-electron chi connectivity index (χ4n) is 1.08. The monoisotopic (exact) mass is 183 g/mol. The molecule has 1 rings (SSSR count). The van der Waals surface area contributed by atoms with Crippen molar-refractivity contribution in [2.24, 2.45) is 0 Å². The SMILES string of the molecule is COc1c(F)cc(N)cc1C(C)=O. The summed E-state index contributed by atoms with van der Waals surface area (Å²) in [6, 6.07) is 2.51. The van der Waals surface area contributed by atoms with Crippen LogP contribution in [-0.4, -0.2) is 12.9 Å². The minimum Gasteiger partial charge on any atom is -0.493 e. The third-order valence-corrected chi connectivity index (χ3v) is 1.65. The lowest BCUT2D eigenvalue weighted by atomic mass is 10.1. The van der Waals surface area contributed by atoms with E-state index in [9.17, 15) is 9.18 Å². The summed E-state index contributed by atoms with van der Waals surface area (Å²) in [5, 5.41) is 0. The Morgan fingerprint density at radius 2 is 2.15 bits per heavy atom. The van der Waals surface area contributed by atoms with Gasteiger partial charge in [0.2, 0.25) is 0 Å². The third-order valence-electron chi connectivity index (χ3n) is 1.65. The molecule has 0 bridgehead atoms. The molecular weight excluding hydrogens is 173 g/mol. The second-order valence-electron chi connectivity index (χ2n) is 2.64. The number of hydrogen-bond donors (Lipinski definition) is 1. The van der Waals surface area contributed by atoms with Gasteiger partial charge in [-0.05, 0) is 13.0 Å². The molecule has 1 aromatic rings. The Morgan fingerprint density at radius 3 is 2.62 bits per heavy atom. The van der Waals surface area contributed by atoms with E-state index in [0.29, 0.717) is 0 Å². The largest absolute Gasteiger partial charge is 0.493 e. The predicted molar refractivity (Wildman–Crippen MR) is 47.4 cm³/mol. The minimum absolute atomic E-state index is 0.0540. The van der Waals surface area contributed by atoms with E-state index in [1.54, 1.807) is 0 Å². The molecule has 0 aliphatic heterocycles. The zero-order valence-corrected chi connectivity index (χ0v) is 7.43. The van der Waals surface area contributed by atoms with Crippen molar-refractivity contribution < 1.29 is 13.9 Å². The minimum atomic E-state index is -0.618. The average molecular weight is 183 g/mol. The number of Topliss-reactive ketones (excluding diaryl/α,β-unsaturated/α-hetero) is 1.